The second-order valence-corrected chi connectivity index (χ2v) is 8.28. The van der Waals surface area contributed by atoms with E-state index in [1.807, 2.05) is 0 Å². The summed E-state index contributed by atoms with van der Waals surface area (Å²) < 4.78 is 40.3. The first-order valence-corrected chi connectivity index (χ1v) is 10.3. The van der Waals surface area contributed by atoms with E-state index in [0.29, 0.717) is 22.4 Å². The second kappa shape index (κ2) is 7.03. The largest absolute Gasteiger partial charge is 0.417 e. The van der Waals surface area contributed by atoms with Gasteiger partial charge in [-0.1, -0.05) is 49.1 Å². The smallest absolute Gasteiger partial charge is 0.337 e. The molecule has 2 aromatic carbocycles. The number of hydrogen-bond donors (Lipinski definition) is 2. The van der Waals surface area contributed by atoms with Gasteiger partial charge in [0.2, 0.25) is 0 Å². The number of imidazole rings is 1. The predicted octanol–water partition coefficient (Wildman–Crippen LogP) is 6.48. The van der Waals surface area contributed by atoms with Gasteiger partial charge in [0.1, 0.15) is 16.8 Å². The second-order valence-electron chi connectivity index (χ2n) is 7.87. The number of alkyl halides is 3. The molecule has 0 bridgehead atoms. The summed E-state index contributed by atoms with van der Waals surface area (Å²) in [5.74, 6) is 0.551. The van der Waals surface area contributed by atoms with E-state index in [1.54, 1.807) is 12.1 Å². The van der Waals surface area contributed by atoms with Crippen molar-refractivity contribution < 1.29 is 18.0 Å². The molecule has 0 unspecified atom stereocenters. The number of hydroxylamine groups is 1. The van der Waals surface area contributed by atoms with E-state index < -0.39 is 11.7 Å². The van der Waals surface area contributed by atoms with Crippen molar-refractivity contribution in [3.63, 3.8) is 0 Å². The molecule has 30 heavy (non-hydrogen) atoms. The van der Waals surface area contributed by atoms with Crippen molar-refractivity contribution in [3.8, 4) is 11.1 Å². The Balaban J connectivity index is 1.56. The molecular weight excluding hydrogens is 415 g/mol. The highest BCUT2D eigenvalue weighted by Gasteiger charge is 2.37. The van der Waals surface area contributed by atoms with Gasteiger partial charge in [-0.3, -0.25) is 10.3 Å². The van der Waals surface area contributed by atoms with E-state index in [2.05, 4.69) is 21.5 Å². The van der Waals surface area contributed by atoms with Crippen LogP contribution in [0.25, 0.3) is 27.9 Å². The third-order valence-electron chi connectivity index (χ3n) is 5.81. The van der Waals surface area contributed by atoms with Crippen molar-refractivity contribution in [1.29, 1.82) is 0 Å². The van der Waals surface area contributed by atoms with E-state index in [4.69, 9.17) is 16.4 Å². The van der Waals surface area contributed by atoms with Crippen LogP contribution in [0.4, 0.5) is 13.2 Å². The summed E-state index contributed by atoms with van der Waals surface area (Å²) in [6.45, 7) is 0. The average molecular weight is 434 g/mol. The van der Waals surface area contributed by atoms with Gasteiger partial charge in [-0.15, -0.1) is 0 Å². The zero-order valence-electron chi connectivity index (χ0n) is 15.9. The third-order valence-corrected chi connectivity index (χ3v) is 6.10. The third kappa shape index (κ3) is 3.36. The molecule has 2 N–H and O–H groups in total. The minimum absolute atomic E-state index is 0.0765. The van der Waals surface area contributed by atoms with Crippen LogP contribution >= 0.6 is 11.6 Å². The first kappa shape index (κ1) is 19.5. The number of H-pyrrole nitrogens is 1. The van der Waals surface area contributed by atoms with Crippen molar-refractivity contribution in [3.05, 3.63) is 58.9 Å². The summed E-state index contributed by atoms with van der Waals surface area (Å²) in [6, 6.07) is 8.64. The van der Waals surface area contributed by atoms with Crippen LogP contribution in [-0.2, 0) is 11.0 Å². The molecule has 2 heterocycles. The molecule has 5 rings (SSSR count). The Kier molecular flexibility index (Phi) is 4.56. The fourth-order valence-corrected chi connectivity index (χ4v) is 4.59. The highest BCUT2D eigenvalue weighted by Crippen LogP contribution is 2.40. The highest BCUT2D eigenvalue weighted by molar-refractivity contribution is 6.35. The Hall–Kier alpha value is -2.51. The monoisotopic (exact) mass is 433 g/mol. The Morgan fingerprint density at radius 3 is 2.60 bits per heavy atom. The van der Waals surface area contributed by atoms with Crippen LogP contribution in [0.3, 0.4) is 0 Å². The molecule has 0 atom stereocenters. The zero-order chi connectivity index (χ0) is 20.9. The molecule has 156 valence electrons. The van der Waals surface area contributed by atoms with Gasteiger partial charge >= 0.3 is 6.18 Å². The summed E-state index contributed by atoms with van der Waals surface area (Å²) in [7, 11) is 0. The maximum atomic E-state index is 13.4. The first-order chi connectivity index (χ1) is 14.3. The molecule has 1 aromatic heterocycles. The SMILES string of the molecule is FC(F)(F)c1ccccc1-c1cc(Cl)c2nc(C3=CC4(CCCCC4)ON3)[nH]c2c1. The van der Waals surface area contributed by atoms with Crippen LogP contribution in [0, 0.1) is 0 Å². The fraction of sp³-hybridized carbons (Fsp3) is 0.318. The number of halogens is 4. The average Bonchev–Trinajstić information content (AvgIpc) is 3.33. The molecule has 2 aliphatic rings. The molecule has 0 radical (unpaired) electrons. The molecule has 1 spiro atoms. The van der Waals surface area contributed by atoms with Gasteiger partial charge in [-0.2, -0.15) is 13.2 Å². The van der Waals surface area contributed by atoms with Crippen LogP contribution in [0.1, 0.15) is 43.5 Å². The van der Waals surface area contributed by atoms with Crippen LogP contribution in [0.2, 0.25) is 5.02 Å². The summed E-state index contributed by atoms with van der Waals surface area (Å²) in [4.78, 5) is 13.6. The highest BCUT2D eigenvalue weighted by atomic mass is 35.5. The Bertz CT molecular complexity index is 1150. The standard InChI is InChI=1S/C22H19ClF3N3O/c23-16-10-13(14-6-2-3-7-15(14)22(24,25)26)11-17-19(16)28-20(27-17)18-12-21(30-29-18)8-4-1-5-9-21/h2-3,6-7,10-12,29H,1,4-5,8-9H2,(H,27,28). The lowest BCUT2D eigenvalue weighted by molar-refractivity contribution is -0.137. The zero-order valence-corrected chi connectivity index (χ0v) is 16.7. The Labute approximate surface area is 176 Å². The number of aromatic amines is 1. The number of benzene rings is 2. The maximum absolute atomic E-state index is 13.4. The summed E-state index contributed by atoms with van der Waals surface area (Å²) in [6.07, 6.45) is 2.92. The van der Waals surface area contributed by atoms with Crippen molar-refractivity contribution in [2.24, 2.45) is 0 Å². The molecule has 3 aromatic rings. The van der Waals surface area contributed by atoms with E-state index in [-0.39, 0.29) is 16.2 Å². The number of aromatic nitrogens is 2. The number of nitrogens with zero attached hydrogens (tertiary/aromatic N) is 1. The molecule has 0 saturated heterocycles. The lowest BCUT2D eigenvalue weighted by Gasteiger charge is -2.29. The van der Waals surface area contributed by atoms with E-state index >= 15 is 0 Å². The normalized spacial score (nSPS) is 18.6. The molecule has 1 saturated carbocycles. The number of hydrogen-bond acceptors (Lipinski definition) is 3. The van der Waals surface area contributed by atoms with Crippen LogP contribution in [-0.4, -0.2) is 15.6 Å². The number of nitrogens with one attached hydrogen (secondary N) is 2. The van der Waals surface area contributed by atoms with Gasteiger partial charge in [-0.25, -0.2) is 4.98 Å². The fourth-order valence-electron chi connectivity index (χ4n) is 4.33. The van der Waals surface area contributed by atoms with Crippen molar-refractivity contribution in [1.82, 2.24) is 15.4 Å². The van der Waals surface area contributed by atoms with E-state index in [9.17, 15) is 13.2 Å². The Morgan fingerprint density at radius 2 is 1.83 bits per heavy atom. The lowest BCUT2D eigenvalue weighted by Crippen LogP contribution is -2.31. The van der Waals surface area contributed by atoms with Crippen molar-refractivity contribution in [2.45, 2.75) is 43.9 Å². The topological polar surface area (TPSA) is 49.9 Å². The minimum atomic E-state index is -4.46. The number of fused-ring (bicyclic) bond motifs is 1. The van der Waals surface area contributed by atoms with Gasteiger partial charge in [0.15, 0.2) is 5.82 Å². The molecule has 0 amide bonds. The molecule has 1 aliphatic carbocycles. The first-order valence-electron chi connectivity index (χ1n) is 9.88. The van der Waals surface area contributed by atoms with Gasteiger partial charge in [0.25, 0.3) is 0 Å². The molecule has 1 aliphatic heterocycles. The van der Waals surface area contributed by atoms with Gasteiger partial charge in [-0.05, 0) is 48.2 Å². The maximum Gasteiger partial charge on any atom is 0.417 e. The van der Waals surface area contributed by atoms with E-state index in [0.717, 1.165) is 37.4 Å². The van der Waals surface area contributed by atoms with Crippen molar-refractivity contribution >= 4 is 28.3 Å². The van der Waals surface area contributed by atoms with Crippen LogP contribution in [0.15, 0.2) is 42.5 Å². The van der Waals surface area contributed by atoms with E-state index in [1.165, 1.54) is 24.6 Å². The molecule has 1 fully saturated rings. The van der Waals surface area contributed by atoms with Gasteiger partial charge < -0.3 is 4.98 Å². The van der Waals surface area contributed by atoms with Crippen LogP contribution < -0.4 is 5.48 Å². The molecule has 4 nitrogen and oxygen atoms in total. The summed E-state index contributed by atoms with van der Waals surface area (Å²) >= 11 is 6.41. The molecule has 8 heteroatoms. The van der Waals surface area contributed by atoms with Gasteiger partial charge in [0.05, 0.1) is 16.1 Å². The van der Waals surface area contributed by atoms with Crippen LogP contribution in [0.5, 0.6) is 0 Å². The lowest BCUT2D eigenvalue weighted by atomic mass is 9.84. The minimum Gasteiger partial charge on any atom is -0.337 e. The summed E-state index contributed by atoms with van der Waals surface area (Å²) in [5.41, 5.74) is 4.20. The van der Waals surface area contributed by atoms with Gasteiger partial charge in [0, 0.05) is 0 Å². The Morgan fingerprint density at radius 1 is 1.07 bits per heavy atom. The van der Waals surface area contributed by atoms with Crippen molar-refractivity contribution in [2.75, 3.05) is 0 Å². The predicted molar refractivity (Wildman–Crippen MR) is 110 cm³/mol. The number of rotatable bonds is 2. The molecular formula is C22H19ClF3N3O. The quantitative estimate of drug-likeness (QED) is 0.486. The summed E-state index contributed by atoms with van der Waals surface area (Å²) in [5, 5.41) is 0.286.